The Hall–Kier alpha value is -1.09. The van der Waals surface area contributed by atoms with Gasteiger partial charge in [0.05, 0.1) is 5.92 Å². The molecule has 3 heteroatoms. The highest BCUT2D eigenvalue weighted by molar-refractivity contribution is 9.10. The number of rotatable bonds is 5. The van der Waals surface area contributed by atoms with Gasteiger partial charge in [-0.3, -0.25) is 4.79 Å². The first-order valence-corrected chi connectivity index (χ1v) is 11.1. The summed E-state index contributed by atoms with van der Waals surface area (Å²) in [5.74, 6) is 3.04. The molecule has 2 nitrogen and oxygen atoms in total. The van der Waals surface area contributed by atoms with E-state index in [4.69, 9.17) is 4.74 Å². The summed E-state index contributed by atoms with van der Waals surface area (Å²) in [5, 5.41) is 0. The van der Waals surface area contributed by atoms with Crippen LogP contribution in [0.15, 0.2) is 40.9 Å². The average molecular weight is 419 g/mol. The van der Waals surface area contributed by atoms with E-state index in [9.17, 15) is 4.79 Å². The van der Waals surface area contributed by atoms with Gasteiger partial charge in [0.2, 0.25) is 0 Å². The fraction of sp³-hybridized carbons (Fsp3) is 0.609. The highest BCUT2D eigenvalue weighted by Crippen LogP contribution is 2.34. The summed E-state index contributed by atoms with van der Waals surface area (Å²) in [4.78, 5) is 12.4. The van der Waals surface area contributed by atoms with Gasteiger partial charge in [-0.1, -0.05) is 41.4 Å². The predicted octanol–water partition coefficient (Wildman–Crippen LogP) is 6.93. The van der Waals surface area contributed by atoms with Gasteiger partial charge in [0.15, 0.2) is 0 Å². The van der Waals surface area contributed by atoms with Crippen molar-refractivity contribution in [3.63, 3.8) is 0 Å². The largest absolute Gasteiger partial charge is 0.426 e. The van der Waals surface area contributed by atoms with Crippen molar-refractivity contribution in [2.45, 2.75) is 64.7 Å². The summed E-state index contributed by atoms with van der Waals surface area (Å²) in [6.07, 6.45) is 15.9. The first kappa shape index (κ1) is 19.7. The molecule has 0 saturated heterocycles. The minimum atomic E-state index is -0.0624. The number of allylic oxidation sites excluding steroid dienone is 2. The van der Waals surface area contributed by atoms with Crippen LogP contribution in [-0.4, -0.2) is 5.97 Å². The van der Waals surface area contributed by atoms with Crippen molar-refractivity contribution in [3.8, 4) is 5.75 Å². The molecule has 3 rings (SSSR count). The lowest BCUT2D eigenvalue weighted by Gasteiger charge is -2.27. The van der Waals surface area contributed by atoms with Crippen molar-refractivity contribution >= 4 is 21.9 Å². The smallest absolute Gasteiger partial charge is 0.314 e. The van der Waals surface area contributed by atoms with Crippen molar-refractivity contribution in [1.82, 2.24) is 0 Å². The Labute approximate surface area is 166 Å². The number of carbonyl (C=O) groups is 1. The lowest BCUT2D eigenvalue weighted by atomic mass is 9.78. The molecule has 0 radical (unpaired) electrons. The van der Waals surface area contributed by atoms with Crippen LogP contribution in [0.2, 0.25) is 0 Å². The molecule has 1 aromatic rings. The fourth-order valence-corrected chi connectivity index (χ4v) is 4.62. The zero-order valence-electron chi connectivity index (χ0n) is 15.8. The van der Waals surface area contributed by atoms with Crippen molar-refractivity contribution < 1.29 is 9.53 Å². The third kappa shape index (κ3) is 5.70. The molecule has 142 valence electrons. The van der Waals surface area contributed by atoms with Crippen molar-refractivity contribution in [3.05, 3.63) is 40.9 Å². The molecule has 0 spiro atoms. The van der Waals surface area contributed by atoms with Crippen LogP contribution in [0.5, 0.6) is 5.75 Å². The van der Waals surface area contributed by atoms with Gasteiger partial charge in [0.1, 0.15) is 5.75 Å². The minimum Gasteiger partial charge on any atom is -0.426 e. The molecule has 1 aromatic carbocycles. The van der Waals surface area contributed by atoms with E-state index >= 15 is 0 Å². The van der Waals surface area contributed by atoms with Gasteiger partial charge < -0.3 is 4.74 Å². The van der Waals surface area contributed by atoms with Gasteiger partial charge >= 0.3 is 5.97 Å². The number of hydrogen-bond acceptors (Lipinski definition) is 2. The van der Waals surface area contributed by atoms with Crippen LogP contribution < -0.4 is 4.74 Å². The summed E-state index contributed by atoms with van der Waals surface area (Å²) in [6.45, 7) is 2.32. The van der Waals surface area contributed by atoms with Gasteiger partial charge in [0, 0.05) is 4.47 Å². The highest BCUT2D eigenvalue weighted by Gasteiger charge is 2.27. The number of hydrogen-bond donors (Lipinski definition) is 0. The topological polar surface area (TPSA) is 26.3 Å². The predicted molar refractivity (Wildman–Crippen MR) is 110 cm³/mol. The Morgan fingerprint density at radius 3 is 2.04 bits per heavy atom. The maximum Gasteiger partial charge on any atom is 0.314 e. The molecule has 0 bridgehead atoms. The second kappa shape index (κ2) is 9.73. The molecule has 0 heterocycles. The van der Waals surface area contributed by atoms with E-state index in [0.717, 1.165) is 42.0 Å². The summed E-state index contributed by atoms with van der Waals surface area (Å²) in [5.41, 5.74) is 0. The summed E-state index contributed by atoms with van der Waals surface area (Å²) >= 11 is 3.40. The summed E-state index contributed by atoms with van der Waals surface area (Å²) in [6, 6.07) is 7.48. The molecule has 0 amide bonds. The van der Waals surface area contributed by atoms with Gasteiger partial charge in [-0.05, 0) is 93.4 Å². The molecule has 0 aromatic heterocycles. The molecule has 2 fully saturated rings. The van der Waals surface area contributed by atoms with Crippen molar-refractivity contribution in [2.75, 3.05) is 0 Å². The van der Waals surface area contributed by atoms with Crippen LogP contribution in [0.3, 0.4) is 0 Å². The van der Waals surface area contributed by atoms with E-state index in [1.807, 2.05) is 24.3 Å². The van der Waals surface area contributed by atoms with Crippen LogP contribution in [0.4, 0.5) is 0 Å². The lowest BCUT2D eigenvalue weighted by Crippen LogP contribution is -2.25. The quantitative estimate of drug-likeness (QED) is 0.294. The third-order valence-electron chi connectivity index (χ3n) is 6.26. The molecule has 2 aliphatic carbocycles. The molecule has 0 unspecified atom stereocenters. The Balaban J connectivity index is 1.40. The van der Waals surface area contributed by atoms with E-state index < -0.39 is 0 Å². The lowest BCUT2D eigenvalue weighted by molar-refractivity contribution is -0.140. The Morgan fingerprint density at radius 2 is 1.50 bits per heavy atom. The van der Waals surface area contributed by atoms with Gasteiger partial charge in [-0.25, -0.2) is 0 Å². The maximum absolute atomic E-state index is 12.4. The molecule has 0 N–H and O–H groups in total. The summed E-state index contributed by atoms with van der Waals surface area (Å²) < 4.78 is 6.54. The second-order valence-electron chi connectivity index (χ2n) is 8.06. The molecule has 2 saturated carbocycles. The Bertz CT molecular complexity index is 591. The highest BCUT2D eigenvalue weighted by atomic mass is 79.9. The third-order valence-corrected chi connectivity index (χ3v) is 6.79. The van der Waals surface area contributed by atoms with Crippen LogP contribution in [-0.2, 0) is 4.79 Å². The molecule has 2 aliphatic rings. The van der Waals surface area contributed by atoms with Gasteiger partial charge in [-0.15, -0.1) is 0 Å². The van der Waals surface area contributed by atoms with Crippen molar-refractivity contribution in [1.29, 1.82) is 0 Å². The van der Waals surface area contributed by atoms with Crippen LogP contribution in [0, 0.1) is 23.7 Å². The van der Waals surface area contributed by atoms with Crippen LogP contribution in [0.1, 0.15) is 64.7 Å². The van der Waals surface area contributed by atoms with Crippen LogP contribution >= 0.6 is 15.9 Å². The molecule has 0 aliphatic heterocycles. The van der Waals surface area contributed by atoms with E-state index in [2.05, 4.69) is 35.0 Å². The summed E-state index contributed by atoms with van der Waals surface area (Å²) in [7, 11) is 0. The molecular weight excluding hydrogens is 388 g/mol. The number of esters is 1. The Kier molecular flexibility index (Phi) is 7.36. The maximum atomic E-state index is 12.4. The number of halogens is 1. The van der Waals surface area contributed by atoms with E-state index in [-0.39, 0.29) is 11.9 Å². The first-order chi connectivity index (χ1) is 12.6. The number of benzene rings is 1. The zero-order chi connectivity index (χ0) is 18.4. The van der Waals surface area contributed by atoms with Crippen LogP contribution in [0.25, 0.3) is 0 Å². The van der Waals surface area contributed by atoms with E-state index in [1.54, 1.807) is 0 Å². The molecular formula is C23H31BrO2. The van der Waals surface area contributed by atoms with E-state index in [1.165, 1.54) is 32.1 Å². The Morgan fingerprint density at radius 1 is 0.962 bits per heavy atom. The average Bonchev–Trinajstić information content (AvgIpc) is 2.69. The first-order valence-electron chi connectivity index (χ1n) is 10.3. The van der Waals surface area contributed by atoms with Gasteiger partial charge in [0.25, 0.3) is 0 Å². The normalized spacial score (nSPS) is 29.6. The van der Waals surface area contributed by atoms with Gasteiger partial charge in [-0.2, -0.15) is 0 Å². The monoisotopic (exact) mass is 418 g/mol. The fourth-order valence-electron chi connectivity index (χ4n) is 4.35. The number of ether oxygens (including phenoxy) is 1. The second-order valence-corrected chi connectivity index (χ2v) is 8.98. The SMILES string of the molecule is CCC1CCC(C=CC2CCC(C(=O)Oc3ccc(Br)cc3)CC2)CC1. The molecule has 26 heavy (non-hydrogen) atoms. The van der Waals surface area contributed by atoms with E-state index in [0.29, 0.717) is 11.7 Å². The zero-order valence-corrected chi connectivity index (χ0v) is 17.4. The standard InChI is InChI=1S/C23H31BrO2/c1-2-17-3-5-18(6-4-17)7-8-19-9-11-20(12-10-19)23(25)26-22-15-13-21(24)14-16-22/h7-8,13-20H,2-6,9-12H2,1H3. The molecule has 0 atom stereocenters. The minimum absolute atomic E-state index is 0.0586. The number of carbonyl (C=O) groups excluding carboxylic acids is 1. The van der Waals surface area contributed by atoms with Crippen molar-refractivity contribution in [2.24, 2.45) is 23.7 Å².